The Morgan fingerprint density at radius 2 is 2.17 bits per heavy atom. The van der Waals surface area contributed by atoms with Crippen LogP contribution >= 0.6 is 23.1 Å². The number of hydrogen-bond acceptors (Lipinski definition) is 8. The van der Waals surface area contributed by atoms with E-state index in [4.69, 9.17) is 9.84 Å². The SMILES string of the molecule is Cc1ccc(F)cc1OC1CCN(c2cnc3nc(SCC(=O)O)sc3n2)CC1. The fourth-order valence-electron chi connectivity index (χ4n) is 3.11. The number of aliphatic carboxylic acids is 1. The number of ether oxygens (including phenoxy) is 1. The molecule has 1 fully saturated rings. The van der Waals surface area contributed by atoms with Crippen LogP contribution in [-0.2, 0) is 4.79 Å². The van der Waals surface area contributed by atoms with Gasteiger partial charge in [-0.3, -0.25) is 4.79 Å². The number of thioether (sulfide) groups is 1. The van der Waals surface area contributed by atoms with Gasteiger partial charge >= 0.3 is 5.97 Å². The summed E-state index contributed by atoms with van der Waals surface area (Å²) in [6, 6.07) is 4.60. The number of hydrogen-bond donors (Lipinski definition) is 1. The van der Waals surface area contributed by atoms with Crippen molar-refractivity contribution in [3.63, 3.8) is 0 Å². The van der Waals surface area contributed by atoms with Crippen LogP contribution in [0.3, 0.4) is 0 Å². The van der Waals surface area contributed by atoms with E-state index in [0.29, 0.717) is 20.6 Å². The number of benzene rings is 1. The van der Waals surface area contributed by atoms with Crippen LogP contribution in [0.15, 0.2) is 28.7 Å². The minimum atomic E-state index is -0.880. The minimum absolute atomic E-state index is 0.0332. The van der Waals surface area contributed by atoms with Crippen molar-refractivity contribution >= 4 is 45.4 Å². The maximum absolute atomic E-state index is 13.5. The molecule has 0 amide bonds. The van der Waals surface area contributed by atoms with Gasteiger partial charge < -0.3 is 14.7 Å². The van der Waals surface area contributed by atoms with Gasteiger partial charge in [0.15, 0.2) is 14.8 Å². The van der Waals surface area contributed by atoms with Crippen LogP contribution in [0.4, 0.5) is 10.2 Å². The predicted molar refractivity (Wildman–Crippen MR) is 111 cm³/mol. The van der Waals surface area contributed by atoms with Crippen molar-refractivity contribution in [3.8, 4) is 5.75 Å². The first-order valence-electron chi connectivity index (χ1n) is 9.14. The molecule has 2 aromatic heterocycles. The lowest BCUT2D eigenvalue weighted by Crippen LogP contribution is -2.38. The monoisotopic (exact) mass is 434 g/mol. The quantitative estimate of drug-likeness (QED) is 0.587. The van der Waals surface area contributed by atoms with Crippen molar-refractivity contribution in [3.05, 3.63) is 35.8 Å². The molecule has 0 aliphatic carbocycles. The molecule has 1 aromatic carbocycles. The summed E-state index contributed by atoms with van der Waals surface area (Å²) in [7, 11) is 0. The summed E-state index contributed by atoms with van der Waals surface area (Å²) >= 11 is 2.52. The number of aromatic nitrogens is 3. The number of carboxylic acid groups (broad SMARTS) is 1. The Kier molecular flexibility index (Phi) is 5.81. The second kappa shape index (κ2) is 8.50. The number of aryl methyl sites for hydroxylation is 1. The van der Waals surface area contributed by atoms with Gasteiger partial charge in [0.2, 0.25) is 0 Å². The van der Waals surface area contributed by atoms with E-state index in [1.807, 2.05) is 6.92 Å². The molecule has 0 radical (unpaired) electrons. The third-order valence-electron chi connectivity index (χ3n) is 4.62. The fourth-order valence-corrected chi connectivity index (χ4v) is 4.79. The van der Waals surface area contributed by atoms with Crippen LogP contribution in [0.25, 0.3) is 10.5 Å². The summed E-state index contributed by atoms with van der Waals surface area (Å²) < 4.78 is 20.1. The number of rotatable bonds is 6. The van der Waals surface area contributed by atoms with E-state index < -0.39 is 5.97 Å². The van der Waals surface area contributed by atoms with Crippen molar-refractivity contribution in [2.24, 2.45) is 0 Å². The van der Waals surface area contributed by atoms with E-state index in [9.17, 15) is 9.18 Å². The molecule has 3 aromatic rings. The van der Waals surface area contributed by atoms with Crippen molar-refractivity contribution in [2.45, 2.75) is 30.2 Å². The van der Waals surface area contributed by atoms with Gasteiger partial charge in [0.25, 0.3) is 0 Å². The first-order valence-corrected chi connectivity index (χ1v) is 10.9. The van der Waals surface area contributed by atoms with E-state index in [1.54, 1.807) is 12.3 Å². The maximum atomic E-state index is 13.5. The molecule has 152 valence electrons. The Morgan fingerprint density at radius 3 is 2.93 bits per heavy atom. The first-order chi connectivity index (χ1) is 14.0. The highest BCUT2D eigenvalue weighted by Gasteiger charge is 2.23. The third kappa shape index (κ3) is 4.76. The largest absolute Gasteiger partial charge is 0.490 e. The van der Waals surface area contributed by atoms with Crippen molar-refractivity contribution in [1.29, 1.82) is 0 Å². The molecule has 29 heavy (non-hydrogen) atoms. The molecular formula is C19H19FN4O3S2. The summed E-state index contributed by atoms with van der Waals surface area (Å²) in [6.07, 6.45) is 3.34. The number of fused-ring (bicyclic) bond motifs is 1. The molecule has 0 bridgehead atoms. The normalized spacial score (nSPS) is 15.0. The number of nitrogens with zero attached hydrogens (tertiary/aromatic N) is 4. The van der Waals surface area contributed by atoms with Crippen molar-refractivity contribution in [2.75, 3.05) is 23.7 Å². The lowest BCUT2D eigenvalue weighted by atomic mass is 10.1. The zero-order valence-corrected chi connectivity index (χ0v) is 17.3. The molecule has 1 N–H and O–H groups in total. The van der Waals surface area contributed by atoms with Crippen molar-refractivity contribution < 1.29 is 19.0 Å². The lowest BCUT2D eigenvalue weighted by molar-refractivity contribution is -0.133. The molecule has 1 aliphatic rings. The van der Waals surface area contributed by atoms with E-state index >= 15 is 0 Å². The molecule has 3 heterocycles. The fraction of sp³-hybridized carbons (Fsp3) is 0.368. The Bertz CT molecular complexity index is 1040. The molecule has 7 nitrogen and oxygen atoms in total. The second-order valence-corrected chi connectivity index (χ2v) is 8.93. The number of piperidine rings is 1. The van der Waals surface area contributed by atoms with Gasteiger partial charge in [-0.2, -0.15) is 0 Å². The molecule has 0 spiro atoms. The van der Waals surface area contributed by atoms with Crippen LogP contribution in [0.2, 0.25) is 0 Å². The molecule has 1 saturated heterocycles. The van der Waals surface area contributed by atoms with Gasteiger partial charge in [-0.05, 0) is 18.6 Å². The highest BCUT2D eigenvalue weighted by molar-refractivity contribution is 8.01. The predicted octanol–water partition coefficient (Wildman–Crippen LogP) is 3.76. The summed E-state index contributed by atoms with van der Waals surface area (Å²) in [6.45, 7) is 3.43. The van der Waals surface area contributed by atoms with Crippen LogP contribution in [0.1, 0.15) is 18.4 Å². The molecular weight excluding hydrogens is 415 g/mol. The van der Waals surface area contributed by atoms with Crippen LogP contribution in [0.5, 0.6) is 5.75 Å². The van der Waals surface area contributed by atoms with E-state index in [-0.39, 0.29) is 17.7 Å². The zero-order valence-electron chi connectivity index (χ0n) is 15.7. The standard InChI is InChI=1S/C19H19FN4O3S2/c1-11-2-3-12(20)8-14(11)27-13-4-6-24(7-5-13)15-9-21-17-18(22-15)29-19(23-17)28-10-16(25)26/h2-3,8-9,13H,4-7,10H2,1H3,(H,25,26). The van der Waals surface area contributed by atoms with Crippen LogP contribution in [0, 0.1) is 12.7 Å². The topological polar surface area (TPSA) is 88.4 Å². The van der Waals surface area contributed by atoms with Gasteiger partial charge in [0.05, 0.1) is 11.9 Å². The van der Waals surface area contributed by atoms with E-state index in [0.717, 1.165) is 37.3 Å². The Labute approximate surface area is 175 Å². The van der Waals surface area contributed by atoms with Gasteiger partial charge in [0.1, 0.15) is 23.5 Å². The van der Waals surface area contributed by atoms with Gasteiger partial charge in [-0.1, -0.05) is 29.2 Å². The summed E-state index contributed by atoms with van der Waals surface area (Å²) in [5.74, 6) is 0.161. The average Bonchev–Trinajstić information content (AvgIpc) is 3.12. The minimum Gasteiger partial charge on any atom is -0.490 e. The number of carbonyl (C=O) groups is 1. The highest BCUT2D eigenvalue weighted by Crippen LogP contribution is 2.30. The summed E-state index contributed by atoms with van der Waals surface area (Å²) in [5, 5.41) is 8.80. The number of halogens is 1. The number of carboxylic acids is 1. The summed E-state index contributed by atoms with van der Waals surface area (Å²) in [5.41, 5.74) is 1.46. The molecule has 1 aliphatic heterocycles. The highest BCUT2D eigenvalue weighted by atomic mass is 32.2. The first kappa shape index (κ1) is 19.8. The molecule has 0 atom stereocenters. The van der Waals surface area contributed by atoms with Crippen LogP contribution in [-0.4, -0.2) is 51.0 Å². The Hall–Kier alpha value is -2.46. The average molecular weight is 435 g/mol. The van der Waals surface area contributed by atoms with E-state index in [2.05, 4.69) is 19.9 Å². The zero-order chi connectivity index (χ0) is 20.4. The van der Waals surface area contributed by atoms with Gasteiger partial charge in [-0.15, -0.1) is 0 Å². The van der Waals surface area contributed by atoms with Gasteiger partial charge in [-0.25, -0.2) is 19.3 Å². The lowest BCUT2D eigenvalue weighted by Gasteiger charge is -2.33. The molecule has 4 rings (SSSR count). The second-order valence-electron chi connectivity index (χ2n) is 6.73. The van der Waals surface area contributed by atoms with E-state index in [1.165, 1.54) is 35.2 Å². The Morgan fingerprint density at radius 1 is 1.38 bits per heavy atom. The third-order valence-corrected chi connectivity index (χ3v) is 6.69. The smallest absolute Gasteiger partial charge is 0.313 e. The van der Waals surface area contributed by atoms with Crippen LogP contribution < -0.4 is 9.64 Å². The number of anilines is 1. The number of thiazole rings is 1. The Balaban J connectivity index is 1.39. The van der Waals surface area contributed by atoms with Crippen molar-refractivity contribution in [1.82, 2.24) is 15.0 Å². The molecule has 0 unspecified atom stereocenters. The molecule has 0 saturated carbocycles. The maximum Gasteiger partial charge on any atom is 0.313 e. The molecule has 10 heteroatoms. The summed E-state index contributed by atoms with van der Waals surface area (Å²) in [4.78, 5) is 26.9. The van der Waals surface area contributed by atoms with Gasteiger partial charge in [0, 0.05) is 32.0 Å².